The molecule has 1 saturated heterocycles. The zero-order valence-corrected chi connectivity index (χ0v) is 18.2. The maximum atomic E-state index is 13.3. The Hall–Kier alpha value is -2.93. The highest BCUT2D eigenvalue weighted by Gasteiger charge is 2.32. The predicted octanol–water partition coefficient (Wildman–Crippen LogP) is 4.59. The van der Waals surface area contributed by atoms with Crippen LogP contribution in [0.5, 0.6) is 11.5 Å². The van der Waals surface area contributed by atoms with E-state index in [2.05, 4.69) is 4.98 Å². The Bertz CT molecular complexity index is 1030. The largest absolute Gasteiger partial charge is 0.497 e. The summed E-state index contributed by atoms with van der Waals surface area (Å²) in [6.45, 7) is 0.726. The summed E-state index contributed by atoms with van der Waals surface area (Å²) in [6, 6.07) is 13.4. The molecule has 1 aromatic heterocycles. The van der Waals surface area contributed by atoms with Crippen molar-refractivity contribution in [3.63, 3.8) is 0 Å². The van der Waals surface area contributed by atoms with E-state index in [0.29, 0.717) is 5.56 Å². The SMILES string of the molecule is COc1ccc(OC)c(C2CCCN2C(=O)c2ccc(-n3ccnc3SC)cc2)c1. The topological polar surface area (TPSA) is 56.6 Å². The number of thioether (sulfide) groups is 1. The molecule has 6 nitrogen and oxygen atoms in total. The summed E-state index contributed by atoms with van der Waals surface area (Å²) in [7, 11) is 3.30. The zero-order valence-electron chi connectivity index (χ0n) is 17.4. The van der Waals surface area contributed by atoms with Crippen molar-refractivity contribution in [3.05, 3.63) is 66.0 Å². The van der Waals surface area contributed by atoms with Crippen LogP contribution in [0.1, 0.15) is 34.8 Å². The van der Waals surface area contributed by atoms with Crippen LogP contribution in [0, 0.1) is 0 Å². The number of aromatic nitrogens is 2. The van der Waals surface area contributed by atoms with Gasteiger partial charge in [0, 0.05) is 35.8 Å². The molecule has 1 fully saturated rings. The van der Waals surface area contributed by atoms with Gasteiger partial charge in [-0.2, -0.15) is 0 Å². The van der Waals surface area contributed by atoms with Crippen molar-refractivity contribution in [3.8, 4) is 17.2 Å². The van der Waals surface area contributed by atoms with Crippen LogP contribution in [0.25, 0.3) is 5.69 Å². The van der Waals surface area contributed by atoms with Gasteiger partial charge in [0.15, 0.2) is 5.16 Å². The fourth-order valence-corrected chi connectivity index (χ4v) is 4.53. The van der Waals surface area contributed by atoms with E-state index in [1.54, 1.807) is 32.2 Å². The van der Waals surface area contributed by atoms with E-state index in [4.69, 9.17) is 9.47 Å². The highest BCUT2D eigenvalue weighted by molar-refractivity contribution is 7.98. The number of methoxy groups -OCH3 is 2. The van der Waals surface area contributed by atoms with Crippen LogP contribution in [0.3, 0.4) is 0 Å². The first kappa shape index (κ1) is 20.3. The number of carbonyl (C=O) groups is 1. The first-order valence-corrected chi connectivity index (χ1v) is 11.1. The second-order valence-electron chi connectivity index (χ2n) is 7.10. The Morgan fingerprint density at radius 3 is 2.63 bits per heavy atom. The van der Waals surface area contributed by atoms with E-state index in [1.807, 2.05) is 64.4 Å². The molecule has 4 rings (SSSR count). The summed E-state index contributed by atoms with van der Waals surface area (Å²) < 4.78 is 13.0. The maximum absolute atomic E-state index is 13.3. The zero-order chi connectivity index (χ0) is 21.1. The smallest absolute Gasteiger partial charge is 0.254 e. The van der Waals surface area contributed by atoms with Gasteiger partial charge in [0.2, 0.25) is 0 Å². The molecule has 0 aliphatic carbocycles. The molecular formula is C23H25N3O3S. The van der Waals surface area contributed by atoms with Crippen molar-refractivity contribution in [1.82, 2.24) is 14.5 Å². The number of imidazole rings is 1. The second-order valence-corrected chi connectivity index (χ2v) is 7.87. The minimum absolute atomic E-state index is 0.0287. The second kappa shape index (κ2) is 8.83. The van der Waals surface area contributed by atoms with Crippen LogP contribution < -0.4 is 9.47 Å². The molecule has 1 amide bonds. The van der Waals surface area contributed by atoms with Crippen molar-refractivity contribution in [1.29, 1.82) is 0 Å². The van der Waals surface area contributed by atoms with Crippen molar-refractivity contribution in [2.24, 2.45) is 0 Å². The molecule has 2 aromatic carbocycles. The molecule has 1 unspecified atom stereocenters. The van der Waals surface area contributed by atoms with E-state index in [0.717, 1.165) is 47.3 Å². The summed E-state index contributed by atoms with van der Waals surface area (Å²) >= 11 is 1.59. The van der Waals surface area contributed by atoms with Crippen molar-refractivity contribution < 1.29 is 14.3 Å². The van der Waals surface area contributed by atoms with Crippen LogP contribution in [-0.4, -0.2) is 47.4 Å². The summed E-state index contributed by atoms with van der Waals surface area (Å²) in [6.07, 6.45) is 7.56. The van der Waals surface area contributed by atoms with Crippen molar-refractivity contribution in [2.75, 3.05) is 27.0 Å². The lowest BCUT2D eigenvalue weighted by atomic mass is 10.0. The number of benzene rings is 2. The summed E-state index contributed by atoms with van der Waals surface area (Å²) in [4.78, 5) is 19.6. The fraction of sp³-hybridized carbons (Fsp3) is 0.304. The Labute approximate surface area is 180 Å². The number of rotatable bonds is 6. The normalized spacial score (nSPS) is 16.0. The summed E-state index contributed by atoms with van der Waals surface area (Å²) in [5, 5.41) is 0.916. The van der Waals surface area contributed by atoms with E-state index < -0.39 is 0 Å². The van der Waals surface area contributed by atoms with Crippen molar-refractivity contribution in [2.45, 2.75) is 24.0 Å². The summed E-state index contributed by atoms with van der Waals surface area (Å²) in [5.41, 5.74) is 2.65. The molecule has 0 radical (unpaired) electrons. The molecule has 0 spiro atoms. The Morgan fingerprint density at radius 2 is 1.93 bits per heavy atom. The number of hydrogen-bond acceptors (Lipinski definition) is 5. The lowest BCUT2D eigenvalue weighted by molar-refractivity contribution is 0.0734. The van der Waals surface area contributed by atoms with Gasteiger partial charge < -0.3 is 14.4 Å². The first-order chi connectivity index (χ1) is 14.7. The average molecular weight is 424 g/mol. The Morgan fingerprint density at radius 1 is 1.13 bits per heavy atom. The highest BCUT2D eigenvalue weighted by Crippen LogP contribution is 2.39. The van der Waals surface area contributed by atoms with Gasteiger partial charge in [-0.3, -0.25) is 9.36 Å². The molecule has 3 aromatic rings. The highest BCUT2D eigenvalue weighted by atomic mass is 32.2. The number of ether oxygens (including phenoxy) is 2. The first-order valence-electron chi connectivity index (χ1n) is 9.87. The molecule has 1 atom stereocenters. The molecule has 1 aliphatic heterocycles. The molecule has 1 aliphatic rings. The summed E-state index contributed by atoms with van der Waals surface area (Å²) in [5.74, 6) is 1.57. The van der Waals surface area contributed by atoms with Crippen LogP contribution in [0.4, 0.5) is 0 Å². The molecule has 2 heterocycles. The van der Waals surface area contributed by atoms with Crippen LogP contribution in [0.15, 0.2) is 60.0 Å². The lowest BCUT2D eigenvalue weighted by Crippen LogP contribution is -2.30. The number of likely N-dealkylation sites (tertiary alicyclic amines) is 1. The molecule has 0 bridgehead atoms. The molecule has 30 heavy (non-hydrogen) atoms. The maximum Gasteiger partial charge on any atom is 0.254 e. The third-order valence-corrected chi connectivity index (χ3v) is 6.16. The third kappa shape index (κ3) is 3.77. The van der Waals surface area contributed by atoms with Gasteiger partial charge in [-0.15, -0.1) is 0 Å². The molecular weight excluding hydrogens is 398 g/mol. The predicted molar refractivity (Wildman–Crippen MR) is 118 cm³/mol. The van der Waals surface area contributed by atoms with Gasteiger partial charge in [-0.1, -0.05) is 11.8 Å². The lowest BCUT2D eigenvalue weighted by Gasteiger charge is -2.27. The third-order valence-electron chi connectivity index (χ3n) is 5.49. The van der Waals surface area contributed by atoms with Crippen molar-refractivity contribution >= 4 is 17.7 Å². The monoisotopic (exact) mass is 423 g/mol. The Balaban J connectivity index is 1.60. The van der Waals surface area contributed by atoms with Gasteiger partial charge in [0.25, 0.3) is 5.91 Å². The Kier molecular flexibility index (Phi) is 5.99. The quantitative estimate of drug-likeness (QED) is 0.543. The standard InChI is InChI=1S/C23H25N3O3S/c1-28-18-10-11-21(29-2)19(15-18)20-5-4-13-26(20)22(27)16-6-8-17(9-7-16)25-14-12-24-23(25)30-3/h6-12,14-15,20H,4-5,13H2,1-3H3. The molecule has 156 valence electrons. The van der Waals surface area contributed by atoms with Gasteiger partial charge in [-0.25, -0.2) is 4.98 Å². The van der Waals surface area contributed by atoms with Gasteiger partial charge >= 0.3 is 0 Å². The van der Waals surface area contributed by atoms with Gasteiger partial charge in [0.05, 0.1) is 20.3 Å². The van der Waals surface area contributed by atoms with Gasteiger partial charge in [-0.05, 0) is 61.6 Å². The number of hydrogen-bond donors (Lipinski definition) is 0. The van der Waals surface area contributed by atoms with E-state index in [9.17, 15) is 4.79 Å². The number of nitrogens with zero attached hydrogens (tertiary/aromatic N) is 3. The molecule has 0 N–H and O–H groups in total. The van der Waals surface area contributed by atoms with Gasteiger partial charge in [0.1, 0.15) is 11.5 Å². The minimum Gasteiger partial charge on any atom is -0.497 e. The molecule has 0 saturated carbocycles. The van der Waals surface area contributed by atoms with E-state index >= 15 is 0 Å². The minimum atomic E-state index is -0.0287. The average Bonchev–Trinajstić information content (AvgIpc) is 3.47. The molecule has 7 heteroatoms. The fourth-order valence-electron chi connectivity index (χ4n) is 4.00. The van der Waals surface area contributed by atoms with E-state index in [1.165, 1.54) is 0 Å². The van der Waals surface area contributed by atoms with Crippen LogP contribution in [0.2, 0.25) is 0 Å². The number of carbonyl (C=O) groups excluding carboxylic acids is 1. The van der Waals surface area contributed by atoms with Crippen LogP contribution >= 0.6 is 11.8 Å². The van der Waals surface area contributed by atoms with E-state index in [-0.39, 0.29) is 11.9 Å². The van der Waals surface area contributed by atoms with Crippen LogP contribution in [-0.2, 0) is 0 Å². The number of amides is 1.